The average Bonchev–Trinajstić information content (AvgIpc) is 3.03. The fourth-order valence-electron chi connectivity index (χ4n) is 3.96. The highest BCUT2D eigenvalue weighted by atomic mass is 16.4. The van der Waals surface area contributed by atoms with Crippen LogP contribution < -0.4 is 0 Å². The number of rotatable bonds is 5. The van der Waals surface area contributed by atoms with Crippen LogP contribution in [0.4, 0.5) is 0 Å². The molecule has 31 heavy (non-hydrogen) atoms. The van der Waals surface area contributed by atoms with Gasteiger partial charge in [-0.15, -0.1) is 0 Å². The van der Waals surface area contributed by atoms with Crippen molar-refractivity contribution in [3.63, 3.8) is 0 Å². The molecule has 0 aromatic heterocycles. The van der Waals surface area contributed by atoms with Crippen molar-refractivity contribution >= 4 is 23.4 Å². The summed E-state index contributed by atoms with van der Waals surface area (Å²) in [5.41, 5.74) is 7.41. The van der Waals surface area contributed by atoms with E-state index in [2.05, 4.69) is 51.1 Å². The van der Waals surface area contributed by atoms with Crippen molar-refractivity contribution in [3.8, 4) is 0 Å². The molecule has 0 saturated carbocycles. The molecule has 0 amide bonds. The van der Waals surface area contributed by atoms with Crippen LogP contribution >= 0.6 is 0 Å². The number of aryl methyl sites for hydroxylation is 1. The Balaban J connectivity index is 1.60. The second-order valence-electron chi connectivity index (χ2n) is 8.53. The van der Waals surface area contributed by atoms with E-state index in [-0.39, 0.29) is 16.8 Å². The van der Waals surface area contributed by atoms with E-state index in [4.69, 9.17) is 5.11 Å². The third kappa shape index (κ3) is 4.13. The van der Waals surface area contributed by atoms with Gasteiger partial charge in [-0.3, -0.25) is 4.79 Å². The number of carboxylic acids is 1. The van der Waals surface area contributed by atoms with E-state index in [9.17, 15) is 9.59 Å². The number of aromatic carboxylic acids is 1. The van der Waals surface area contributed by atoms with Gasteiger partial charge in [0.2, 0.25) is 0 Å². The van der Waals surface area contributed by atoms with Gasteiger partial charge < -0.3 is 5.11 Å². The summed E-state index contributed by atoms with van der Waals surface area (Å²) in [6.45, 7) is 6.42. The Labute approximate surface area is 182 Å². The number of carbonyl (C=O) groups is 2. The summed E-state index contributed by atoms with van der Waals surface area (Å²) in [5, 5.41) is 8.99. The Morgan fingerprint density at radius 1 is 0.871 bits per heavy atom. The zero-order valence-electron chi connectivity index (χ0n) is 17.8. The van der Waals surface area contributed by atoms with E-state index < -0.39 is 5.97 Å². The van der Waals surface area contributed by atoms with Gasteiger partial charge in [-0.1, -0.05) is 80.1 Å². The van der Waals surface area contributed by atoms with Crippen LogP contribution in [0.1, 0.15) is 62.4 Å². The van der Waals surface area contributed by atoms with E-state index in [1.807, 2.05) is 18.2 Å². The number of ketones is 1. The van der Waals surface area contributed by atoms with Crippen molar-refractivity contribution in [2.75, 3.05) is 0 Å². The third-order valence-electron chi connectivity index (χ3n) is 5.74. The van der Waals surface area contributed by atoms with Gasteiger partial charge in [-0.2, -0.15) is 0 Å². The first kappa shape index (κ1) is 20.5. The molecule has 0 atom stereocenters. The number of benzene rings is 3. The zero-order chi connectivity index (χ0) is 22.2. The molecule has 0 heterocycles. The molecule has 0 bridgehead atoms. The molecule has 1 aliphatic rings. The minimum absolute atomic E-state index is 0.0790. The molecule has 3 nitrogen and oxygen atoms in total. The SMILES string of the molecule is Cc1ccc(C2=CC(C)(C)c3cc(C(=O)C=Cc4ccc(C(=O)O)cc4)ccc32)cc1. The van der Waals surface area contributed by atoms with Gasteiger partial charge >= 0.3 is 5.97 Å². The van der Waals surface area contributed by atoms with Crippen LogP contribution in [0.25, 0.3) is 11.6 Å². The molecule has 154 valence electrons. The van der Waals surface area contributed by atoms with Crippen molar-refractivity contribution in [1.82, 2.24) is 0 Å². The van der Waals surface area contributed by atoms with E-state index in [0.717, 1.165) is 11.1 Å². The Morgan fingerprint density at radius 3 is 2.16 bits per heavy atom. The lowest BCUT2D eigenvalue weighted by Gasteiger charge is -2.18. The molecule has 3 heteroatoms. The number of hydrogen-bond acceptors (Lipinski definition) is 2. The van der Waals surface area contributed by atoms with Gasteiger partial charge in [0.05, 0.1) is 5.56 Å². The van der Waals surface area contributed by atoms with Gasteiger partial charge in [0, 0.05) is 11.0 Å². The minimum atomic E-state index is -0.967. The van der Waals surface area contributed by atoms with Crippen molar-refractivity contribution in [1.29, 1.82) is 0 Å². The van der Waals surface area contributed by atoms with Crippen LogP contribution in [0.3, 0.4) is 0 Å². The van der Waals surface area contributed by atoms with Crippen molar-refractivity contribution in [2.45, 2.75) is 26.2 Å². The lowest BCUT2D eigenvalue weighted by atomic mass is 9.85. The quantitative estimate of drug-likeness (QED) is 0.397. The first-order chi connectivity index (χ1) is 14.7. The molecule has 0 aliphatic heterocycles. The summed E-state index contributed by atoms with van der Waals surface area (Å²) < 4.78 is 0. The number of fused-ring (bicyclic) bond motifs is 1. The molecule has 3 aromatic carbocycles. The summed E-state index contributed by atoms with van der Waals surface area (Å²) in [6.07, 6.45) is 5.52. The van der Waals surface area contributed by atoms with E-state index in [1.54, 1.807) is 18.2 Å². The van der Waals surface area contributed by atoms with Crippen molar-refractivity contribution in [3.05, 3.63) is 118 Å². The van der Waals surface area contributed by atoms with Gasteiger partial charge in [-0.05, 0) is 59.0 Å². The number of hydrogen-bond donors (Lipinski definition) is 1. The van der Waals surface area contributed by atoms with Crippen LogP contribution in [0.5, 0.6) is 0 Å². The standard InChI is InChI=1S/C28H24O3/c1-18-4-9-20(10-5-18)24-17-28(2,3)25-16-22(13-14-23(24)25)26(29)15-8-19-6-11-21(12-7-19)27(30)31/h4-17H,1-3H3,(H,30,31). The maximum Gasteiger partial charge on any atom is 0.335 e. The van der Waals surface area contributed by atoms with Crippen LogP contribution in [0.2, 0.25) is 0 Å². The van der Waals surface area contributed by atoms with Gasteiger partial charge in [0.1, 0.15) is 0 Å². The first-order valence-electron chi connectivity index (χ1n) is 10.3. The lowest BCUT2D eigenvalue weighted by Crippen LogP contribution is -2.11. The first-order valence-corrected chi connectivity index (χ1v) is 10.3. The number of allylic oxidation sites excluding steroid dienone is 2. The third-order valence-corrected chi connectivity index (χ3v) is 5.74. The maximum atomic E-state index is 12.8. The monoisotopic (exact) mass is 408 g/mol. The fourth-order valence-corrected chi connectivity index (χ4v) is 3.96. The summed E-state index contributed by atoms with van der Waals surface area (Å²) in [4.78, 5) is 23.8. The largest absolute Gasteiger partial charge is 0.478 e. The molecule has 0 radical (unpaired) electrons. The molecule has 0 fully saturated rings. The summed E-state index contributed by atoms with van der Waals surface area (Å²) in [7, 11) is 0. The second kappa shape index (κ2) is 7.84. The Bertz CT molecular complexity index is 1220. The highest BCUT2D eigenvalue weighted by Crippen LogP contribution is 2.43. The highest BCUT2D eigenvalue weighted by molar-refractivity contribution is 6.07. The topological polar surface area (TPSA) is 54.4 Å². The lowest BCUT2D eigenvalue weighted by molar-refractivity contribution is 0.0696. The summed E-state index contributed by atoms with van der Waals surface area (Å²) >= 11 is 0. The molecule has 1 N–H and O–H groups in total. The molecule has 0 unspecified atom stereocenters. The predicted octanol–water partition coefficient (Wildman–Crippen LogP) is 6.31. The molecule has 0 spiro atoms. The van der Waals surface area contributed by atoms with E-state index >= 15 is 0 Å². The zero-order valence-corrected chi connectivity index (χ0v) is 17.8. The Morgan fingerprint density at radius 2 is 1.52 bits per heavy atom. The van der Waals surface area contributed by atoms with Crippen LogP contribution in [-0.2, 0) is 5.41 Å². The smallest absolute Gasteiger partial charge is 0.335 e. The van der Waals surface area contributed by atoms with Gasteiger partial charge in [-0.25, -0.2) is 4.79 Å². The second-order valence-corrected chi connectivity index (χ2v) is 8.53. The van der Waals surface area contributed by atoms with E-state index in [1.165, 1.54) is 40.5 Å². The van der Waals surface area contributed by atoms with Crippen LogP contribution in [-0.4, -0.2) is 16.9 Å². The van der Waals surface area contributed by atoms with Crippen molar-refractivity contribution in [2.24, 2.45) is 0 Å². The molecular formula is C28H24O3. The molecule has 1 aliphatic carbocycles. The molecule has 3 aromatic rings. The van der Waals surface area contributed by atoms with Gasteiger partial charge in [0.25, 0.3) is 0 Å². The molecule has 0 saturated heterocycles. The number of carboxylic acid groups (broad SMARTS) is 1. The van der Waals surface area contributed by atoms with Crippen molar-refractivity contribution < 1.29 is 14.7 Å². The van der Waals surface area contributed by atoms with Gasteiger partial charge in [0.15, 0.2) is 5.78 Å². The number of carbonyl (C=O) groups excluding carboxylic acids is 1. The summed E-state index contributed by atoms with van der Waals surface area (Å²) in [5.74, 6) is -1.05. The maximum absolute atomic E-state index is 12.8. The average molecular weight is 408 g/mol. The predicted molar refractivity (Wildman–Crippen MR) is 124 cm³/mol. The molecule has 4 rings (SSSR count). The molecular weight excluding hydrogens is 384 g/mol. The van der Waals surface area contributed by atoms with Crippen LogP contribution in [0.15, 0.2) is 78.9 Å². The Kier molecular flexibility index (Phi) is 5.20. The fraction of sp³-hybridized carbons (Fsp3) is 0.143. The van der Waals surface area contributed by atoms with E-state index in [0.29, 0.717) is 5.56 Å². The van der Waals surface area contributed by atoms with Crippen LogP contribution in [0, 0.1) is 6.92 Å². The highest BCUT2D eigenvalue weighted by Gasteiger charge is 2.31. The Hall–Kier alpha value is -3.72. The summed E-state index contributed by atoms with van der Waals surface area (Å²) in [6, 6.07) is 20.9. The minimum Gasteiger partial charge on any atom is -0.478 e. The normalized spacial score (nSPS) is 14.4.